The summed E-state index contributed by atoms with van der Waals surface area (Å²) < 4.78 is 84.1. The standard InChI is InChI=1S/C22H19ClN2O8S4.K/c23-13-2-3-18-15(8-13)25(6-4-22(25)37(29,30)31)21(35-18)11-20-24(5-1-7-36(26,27)28)14-9-16-17(33-12-32-16)10-19(14)34-20;/h2-3,8-11,22H,1,4-7,12H2;/q;+1. The van der Waals surface area contributed by atoms with E-state index in [0.29, 0.717) is 38.8 Å². The van der Waals surface area contributed by atoms with Crippen LogP contribution in [0.25, 0.3) is 16.3 Å². The van der Waals surface area contributed by atoms with Crippen LogP contribution >= 0.6 is 34.7 Å². The average molecular weight is 642 g/mol. The van der Waals surface area contributed by atoms with E-state index in [1.807, 2.05) is 22.8 Å². The normalized spacial score (nSPS) is 23.0. The van der Waals surface area contributed by atoms with Crippen LogP contribution in [0.4, 0.5) is 5.69 Å². The molecule has 0 saturated carbocycles. The Morgan fingerprint density at radius 3 is 2.53 bits per heavy atom. The molecule has 1 spiro atoms. The first kappa shape index (κ1) is 29.2. The minimum atomic E-state index is -4.62. The average Bonchev–Trinajstić information content (AvgIpc) is 3.44. The summed E-state index contributed by atoms with van der Waals surface area (Å²) in [5.41, 5.74) is 1.43. The van der Waals surface area contributed by atoms with Crippen LogP contribution in [0, 0.1) is 0 Å². The van der Waals surface area contributed by atoms with Gasteiger partial charge in [0.15, 0.2) is 44.3 Å². The van der Waals surface area contributed by atoms with Crippen LogP contribution in [0.3, 0.4) is 0 Å². The van der Waals surface area contributed by atoms with E-state index in [4.69, 9.17) is 21.1 Å². The monoisotopic (exact) mass is 641 g/mol. The van der Waals surface area contributed by atoms with E-state index in [1.54, 1.807) is 18.2 Å². The maximum Gasteiger partial charge on any atom is 1.00 e. The maximum absolute atomic E-state index is 12.3. The number of rotatable bonds is 6. The van der Waals surface area contributed by atoms with Gasteiger partial charge in [-0.25, -0.2) is 21.3 Å². The third kappa shape index (κ3) is 5.12. The molecule has 3 aliphatic heterocycles. The molecule has 3 aliphatic rings. The number of nitrogens with zero attached hydrogens (tertiary/aromatic N) is 2. The molecular weight excluding hydrogens is 623 g/mol. The van der Waals surface area contributed by atoms with Gasteiger partial charge in [-0.05, 0) is 23.9 Å². The van der Waals surface area contributed by atoms with Crippen molar-refractivity contribution in [2.45, 2.75) is 29.7 Å². The summed E-state index contributed by atoms with van der Waals surface area (Å²) in [6, 6.07) is 8.88. The van der Waals surface area contributed by atoms with Gasteiger partial charge >= 0.3 is 51.4 Å². The molecule has 2 atom stereocenters. The number of quaternary nitrogens is 1. The number of hydrogen-bond donors (Lipinski definition) is 0. The topological polar surface area (TPSA) is 137 Å². The fourth-order valence-electron chi connectivity index (χ4n) is 5.07. The molecule has 16 heteroatoms. The van der Waals surface area contributed by atoms with E-state index in [2.05, 4.69) is 0 Å². The maximum atomic E-state index is 12.3. The molecule has 196 valence electrons. The van der Waals surface area contributed by atoms with E-state index >= 15 is 0 Å². The predicted octanol–water partition coefficient (Wildman–Crippen LogP) is 0.197. The van der Waals surface area contributed by atoms with Crippen molar-refractivity contribution in [1.82, 2.24) is 4.48 Å². The number of ether oxygens (including phenoxy) is 2. The molecule has 4 heterocycles. The van der Waals surface area contributed by atoms with Crippen molar-refractivity contribution < 1.29 is 91.4 Å². The van der Waals surface area contributed by atoms with Crippen LogP contribution in [0.5, 0.6) is 11.5 Å². The second-order valence-corrected chi connectivity index (χ2v) is 14.5. The second-order valence-electron chi connectivity index (χ2n) is 8.91. The number of fused-ring (bicyclic) bond motifs is 4. The molecule has 0 amide bonds. The van der Waals surface area contributed by atoms with Crippen molar-refractivity contribution in [3.8, 4) is 11.5 Å². The van der Waals surface area contributed by atoms with Crippen molar-refractivity contribution in [3.63, 3.8) is 0 Å². The number of thiazole rings is 1. The zero-order chi connectivity index (χ0) is 26.2. The van der Waals surface area contributed by atoms with Crippen LogP contribution in [0.2, 0.25) is 5.02 Å². The van der Waals surface area contributed by atoms with Gasteiger partial charge in [0, 0.05) is 29.3 Å². The first-order chi connectivity index (χ1) is 17.5. The summed E-state index contributed by atoms with van der Waals surface area (Å²) in [5, 5.41) is 0.627. The van der Waals surface area contributed by atoms with Crippen LogP contribution < -0.4 is 69.9 Å². The van der Waals surface area contributed by atoms with Crippen LogP contribution in [-0.4, -0.2) is 50.4 Å². The van der Waals surface area contributed by atoms with Gasteiger partial charge in [-0.15, -0.1) is 0 Å². The second kappa shape index (κ2) is 10.5. The number of thioether (sulfide) groups is 1. The number of aromatic nitrogens is 1. The Kier molecular flexibility index (Phi) is 8.10. The summed E-state index contributed by atoms with van der Waals surface area (Å²) >= 11 is 9.04. The first-order valence-electron chi connectivity index (χ1n) is 11.2. The Hall–Kier alpha value is -0.274. The zero-order valence-electron chi connectivity index (χ0n) is 20.0. The molecule has 1 saturated heterocycles. The molecule has 2 unspecified atom stereocenters. The van der Waals surface area contributed by atoms with E-state index < -0.39 is 31.4 Å². The third-order valence-electron chi connectivity index (χ3n) is 6.76. The Bertz CT molecular complexity index is 1710. The van der Waals surface area contributed by atoms with E-state index in [0.717, 1.165) is 15.1 Å². The molecule has 0 bridgehead atoms. The number of aryl methyl sites for hydroxylation is 1. The van der Waals surface area contributed by atoms with Crippen molar-refractivity contribution in [2.75, 3.05) is 19.1 Å². The minimum absolute atomic E-state index is 0. The quantitative estimate of drug-likeness (QED) is 0.160. The fourth-order valence-corrected chi connectivity index (χ4v) is 9.50. The summed E-state index contributed by atoms with van der Waals surface area (Å²) in [6.45, 7) is 0.751. The van der Waals surface area contributed by atoms with Crippen molar-refractivity contribution >= 4 is 76.9 Å². The van der Waals surface area contributed by atoms with Gasteiger partial charge in [-0.2, -0.15) is 4.57 Å². The van der Waals surface area contributed by atoms with Crippen LogP contribution in [-0.2, 0) is 26.8 Å². The van der Waals surface area contributed by atoms with Gasteiger partial charge in [0.25, 0.3) is 5.01 Å². The molecule has 10 nitrogen and oxygen atoms in total. The van der Waals surface area contributed by atoms with Gasteiger partial charge in [-0.1, -0.05) is 22.9 Å². The predicted molar refractivity (Wildman–Crippen MR) is 137 cm³/mol. The summed E-state index contributed by atoms with van der Waals surface area (Å²) in [7, 11) is -9.02. The molecule has 6 rings (SSSR count). The number of benzene rings is 2. The van der Waals surface area contributed by atoms with Gasteiger partial charge < -0.3 is 18.6 Å². The van der Waals surface area contributed by atoms with Gasteiger partial charge in [0.05, 0.1) is 40.1 Å². The van der Waals surface area contributed by atoms with Gasteiger partial charge in [0.1, 0.15) is 4.70 Å². The van der Waals surface area contributed by atoms with Gasteiger partial charge in [-0.3, -0.25) is 0 Å². The third-order valence-corrected chi connectivity index (χ3v) is 11.4. The molecule has 1 aromatic heterocycles. The molecule has 0 N–H and O–H groups in total. The summed E-state index contributed by atoms with van der Waals surface area (Å²) in [5.74, 6) is 0.617. The summed E-state index contributed by atoms with van der Waals surface area (Å²) in [6.07, 6.45) is 2.16. The zero-order valence-corrected chi connectivity index (χ0v) is 27.1. The van der Waals surface area contributed by atoms with Gasteiger partial charge in [0.2, 0.25) is 12.3 Å². The summed E-state index contributed by atoms with van der Waals surface area (Å²) in [4.78, 5) is 0.815. The van der Waals surface area contributed by atoms with Crippen LogP contribution in [0.15, 0.2) is 40.3 Å². The largest absolute Gasteiger partial charge is 1.00 e. The SMILES string of the molecule is O=S(=O)([O-])CCC[n+]1c(C=C2Sc3ccc(Cl)cc3[N+]23CCC3S(=O)(=O)[O-])sc2cc3c(cc21)OCO3.[K+]. The van der Waals surface area contributed by atoms with E-state index in [1.165, 1.54) is 23.1 Å². The van der Waals surface area contributed by atoms with Crippen molar-refractivity contribution in [3.05, 3.63) is 45.4 Å². The molecule has 0 aliphatic carbocycles. The molecule has 3 aromatic rings. The Labute approximate surface area is 275 Å². The number of hydrogen-bond acceptors (Lipinski definition) is 10. The molecule has 2 aromatic carbocycles. The molecular formula is C22H19ClKN2O8S4+. The van der Waals surface area contributed by atoms with Crippen molar-refractivity contribution in [1.29, 1.82) is 0 Å². The molecule has 1 fully saturated rings. The Balaban J connectivity index is 0.00000294. The van der Waals surface area contributed by atoms with Crippen molar-refractivity contribution in [2.24, 2.45) is 0 Å². The van der Waals surface area contributed by atoms with E-state index in [9.17, 15) is 25.9 Å². The Morgan fingerprint density at radius 2 is 1.87 bits per heavy atom. The molecule has 0 radical (unpaired) electrons. The fraction of sp³-hybridized carbons (Fsp3) is 0.318. The number of halogens is 1. The Morgan fingerprint density at radius 1 is 1.13 bits per heavy atom. The van der Waals surface area contributed by atoms with E-state index in [-0.39, 0.29) is 82.0 Å². The molecule has 38 heavy (non-hydrogen) atoms. The minimum Gasteiger partial charge on any atom is -0.748 e. The first-order valence-corrected chi connectivity index (χ1v) is 16.2. The van der Waals surface area contributed by atoms with Crippen LogP contribution in [0.1, 0.15) is 17.8 Å². The smallest absolute Gasteiger partial charge is 0.748 e.